The Morgan fingerprint density at radius 3 is 2.35 bits per heavy atom. The molecular weight excluding hydrogens is 284 g/mol. The van der Waals surface area contributed by atoms with Gasteiger partial charge in [0, 0.05) is 18.4 Å². The summed E-state index contributed by atoms with van der Waals surface area (Å²) in [6.07, 6.45) is 11.0. The van der Waals surface area contributed by atoms with Crippen LogP contribution >= 0.6 is 0 Å². The molecule has 23 heavy (non-hydrogen) atoms. The minimum atomic E-state index is 0.360. The number of aromatic hydroxyl groups is 1. The van der Waals surface area contributed by atoms with Crippen LogP contribution in [0.1, 0.15) is 49.1 Å². The zero-order valence-corrected chi connectivity index (χ0v) is 13.6. The molecule has 0 bridgehead atoms. The summed E-state index contributed by atoms with van der Waals surface area (Å²) in [6.45, 7) is 1.09. The van der Waals surface area contributed by atoms with Gasteiger partial charge in [-0.1, -0.05) is 12.1 Å². The summed E-state index contributed by atoms with van der Waals surface area (Å²) in [5.74, 6) is 1.02. The molecule has 1 aromatic heterocycles. The third-order valence-electron chi connectivity index (χ3n) is 4.92. The molecule has 0 atom stereocenters. The average molecular weight is 310 g/mol. The van der Waals surface area contributed by atoms with Crippen LogP contribution in [0.4, 0.5) is 0 Å². The van der Waals surface area contributed by atoms with E-state index in [1.807, 2.05) is 12.4 Å². The van der Waals surface area contributed by atoms with Crippen molar-refractivity contribution in [3.05, 3.63) is 59.9 Å². The molecule has 0 aliphatic heterocycles. The van der Waals surface area contributed by atoms with Crippen molar-refractivity contribution in [2.24, 2.45) is 0 Å². The van der Waals surface area contributed by atoms with E-state index in [0.717, 1.165) is 13.0 Å². The molecular formula is C20H26N2O. The molecule has 2 aromatic rings. The maximum atomic E-state index is 9.39. The molecule has 3 nitrogen and oxygen atoms in total. The summed E-state index contributed by atoms with van der Waals surface area (Å²) < 4.78 is 0. The quantitative estimate of drug-likeness (QED) is 0.792. The number of rotatable bonds is 6. The lowest BCUT2D eigenvalue weighted by Gasteiger charge is -2.29. The highest BCUT2D eigenvalue weighted by atomic mass is 16.3. The molecule has 1 heterocycles. The number of phenolic OH excluding ortho intramolecular Hbond substituents is 1. The predicted octanol–water partition coefficient (Wildman–Crippen LogP) is 4.04. The molecule has 0 amide bonds. The smallest absolute Gasteiger partial charge is 0.115 e. The van der Waals surface area contributed by atoms with Gasteiger partial charge in [-0.15, -0.1) is 0 Å². The topological polar surface area (TPSA) is 45.1 Å². The van der Waals surface area contributed by atoms with Gasteiger partial charge in [0.15, 0.2) is 0 Å². The zero-order chi connectivity index (χ0) is 15.9. The lowest BCUT2D eigenvalue weighted by molar-refractivity contribution is 0.342. The van der Waals surface area contributed by atoms with Crippen molar-refractivity contribution in [3.8, 4) is 5.75 Å². The first-order chi connectivity index (χ1) is 11.3. The van der Waals surface area contributed by atoms with Crippen LogP contribution in [0.2, 0.25) is 0 Å². The summed E-state index contributed by atoms with van der Waals surface area (Å²) >= 11 is 0. The van der Waals surface area contributed by atoms with Gasteiger partial charge in [0.25, 0.3) is 0 Å². The first-order valence-corrected chi connectivity index (χ1v) is 8.72. The third kappa shape index (κ3) is 4.80. The van der Waals surface area contributed by atoms with Crippen molar-refractivity contribution in [2.45, 2.75) is 50.5 Å². The molecule has 122 valence electrons. The molecule has 0 radical (unpaired) electrons. The molecule has 3 heteroatoms. The number of hydrogen-bond donors (Lipinski definition) is 2. The Kier molecular flexibility index (Phi) is 5.65. The van der Waals surface area contributed by atoms with Crippen LogP contribution in [0.5, 0.6) is 5.75 Å². The van der Waals surface area contributed by atoms with E-state index >= 15 is 0 Å². The first-order valence-electron chi connectivity index (χ1n) is 8.72. The van der Waals surface area contributed by atoms with Crippen molar-refractivity contribution < 1.29 is 5.11 Å². The summed E-state index contributed by atoms with van der Waals surface area (Å²) in [5.41, 5.74) is 2.75. The van der Waals surface area contributed by atoms with Crippen LogP contribution in [-0.2, 0) is 6.42 Å². The highest BCUT2D eigenvalue weighted by molar-refractivity contribution is 5.28. The Labute approximate surface area is 138 Å². The molecule has 0 saturated heterocycles. The molecule has 2 N–H and O–H groups in total. The van der Waals surface area contributed by atoms with E-state index < -0.39 is 0 Å². The van der Waals surface area contributed by atoms with E-state index in [0.29, 0.717) is 17.7 Å². The minimum Gasteiger partial charge on any atom is -0.508 e. The van der Waals surface area contributed by atoms with E-state index in [9.17, 15) is 5.11 Å². The number of aromatic nitrogens is 1. The summed E-state index contributed by atoms with van der Waals surface area (Å²) in [7, 11) is 0. The Morgan fingerprint density at radius 2 is 1.65 bits per heavy atom. The fourth-order valence-electron chi connectivity index (χ4n) is 3.53. The number of phenols is 1. The van der Waals surface area contributed by atoms with Gasteiger partial charge in [0.05, 0.1) is 0 Å². The third-order valence-corrected chi connectivity index (χ3v) is 4.92. The maximum Gasteiger partial charge on any atom is 0.115 e. The van der Waals surface area contributed by atoms with Crippen molar-refractivity contribution >= 4 is 0 Å². The predicted molar refractivity (Wildman–Crippen MR) is 93.7 cm³/mol. The van der Waals surface area contributed by atoms with Crippen LogP contribution in [0.15, 0.2) is 48.8 Å². The number of pyridine rings is 1. The average Bonchev–Trinajstić information content (AvgIpc) is 2.61. The van der Waals surface area contributed by atoms with E-state index in [4.69, 9.17) is 0 Å². The van der Waals surface area contributed by atoms with Gasteiger partial charge in [-0.05, 0) is 86.4 Å². The number of hydrogen-bond acceptors (Lipinski definition) is 3. The van der Waals surface area contributed by atoms with Gasteiger partial charge in [0.2, 0.25) is 0 Å². The maximum absolute atomic E-state index is 9.39. The van der Waals surface area contributed by atoms with Crippen molar-refractivity contribution in [3.63, 3.8) is 0 Å². The summed E-state index contributed by atoms with van der Waals surface area (Å²) in [4.78, 5) is 4.05. The Morgan fingerprint density at radius 1 is 0.957 bits per heavy atom. The summed E-state index contributed by atoms with van der Waals surface area (Å²) in [6, 6.07) is 12.6. The van der Waals surface area contributed by atoms with Crippen LogP contribution in [0.25, 0.3) is 0 Å². The normalized spacial score (nSPS) is 21.2. The molecule has 1 aliphatic carbocycles. The summed E-state index contributed by atoms with van der Waals surface area (Å²) in [5, 5.41) is 13.1. The second-order valence-electron chi connectivity index (χ2n) is 6.55. The lowest BCUT2D eigenvalue weighted by Crippen LogP contribution is -2.33. The minimum absolute atomic E-state index is 0.360. The molecule has 1 fully saturated rings. The van der Waals surface area contributed by atoms with Crippen LogP contribution in [0, 0.1) is 0 Å². The fraction of sp³-hybridized carbons (Fsp3) is 0.450. The second-order valence-corrected chi connectivity index (χ2v) is 6.55. The first kappa shape index (κ1) is 16.0. The van der Waals surface area contributed by atoms with Gasteiger partial charge < -0.3 is 10.4 Å². The second kappa shape index (κ2) is 8.11. The van der Waals surface area contributed by atoms with Crippen molar-refractivity contribution in [1.82, 2.24) is 10.3 Å². The van der Waals surface area contributed by atoms with E-state index in [1.54, 1.807) is 12.1 Å². The lowest BCUT2D eigenvalue weighted by atomic mass is 9.81. The van der Waals surface area contributed by atoms with Gasteiger partial charge >= 0.3 is 0 Å². The SMILES string of the molecule is Oc1ccc([C@H]2CC[C@@H](NCCCc3ccncc3)CC2)cc1. The van der Waals surface area contributed by atoms with Crippen molar-refractivity contribution in [1.29, 1.82) is 0 Å². The number of aryl methyl sites for hydroxylation is 1. The Bertz CT molecular complexity index is 574. The monoisotopic (exact) mass is 310 g/mol. The molecule has 1 aliphatic rings. The standard InChI is InChI=1S/C20H26N2O/c23-20-9-5-18(6-10-20)17-3-7-19(8-4-17)22-13-1-2-16-11-14-21-15-12-16/h5-6,9-12,14-15,17,19,22-23H,1-4,7-8,13H2/t17-,19+. The number of nitrogens with zero attached hydrogens (tertiary/aromatic N) is 1. The fourth-order valence-corrected chi connectivity index (χ4v) is 3.53. The molecule has 0 unspecified atom stereocenters. The Hall–Kier alpha value is -1.87. The van der Waals surface area contributed by atoms with Crippen LogP contribution in [-0.4, -0.2) is 22.7 Å². The highest BCUT2D eigenvalue weighted by Crippen LogP contribution is 2.33. The van der Waals surface area contributed by atoms with Crippen LogP contribution < -0.4 is 5.32 Å². The van der Waals surface area contributed by atoms with Crippen molar-refractivity contribution in [2.75, 3.05) is 6.54 Å². The van der Waals surface area contributed by atoms with Gasteiger partial charge in [0.1, 0.15) is 5.75 Å². The van der Waals surface area contributed by atoms with E-state index in [2.05, 4.69) is 34.6 Å². The van der Waals surface area contributed by atoms with Gasteiger partial charge in [-0.25, -0.2) is 0 Å². The van der Waals surface area contributed by atoms with E-state index in [1.165, 1.54) is 43.2 Å². The number of nitrogens with one attached hydrogen (secondary N) is 1. The molecule has 1 aromatic carbocycles. The van der Waals surface area contributed by atoms with Gasteiger partial charge in [-0.3, -0.25) is 4.98 Å². The highest BCUT2D eigenvalue weighted by Gasteiger charge is 2.21. The Balaban J connectivity index is 1.35. The zero-order valence-electron chi connectivity index (χ0n) is 13.6. The molecule has 3 rings (SSSR count). The number of benzene rings is 1. The molecule has 0 spiro atoms. The molecule has 1 saturated carbocycles. The largest absolute Gasteiger partial charge is 0.508 e. The van der Waals surface area contributed by atoms with Gasteiger partial charge in [-0.2, -0.15) is 0 Å². The van der Waals surface area contributed by atoms with Crippen LogP contribution in [0.3, 0.4) is 0 Å². The van der Waals surface area contributed by atoms with E-state index in [-0.39, 0.29) is 0 Å².